The van der Waals surface area contributed by atoms with Gasteiger partial charge in [0.2, 0.25) is 5.91 Å². The summed E-state index contributed by atoms with van der Waals surface area (Å²) in [6.45, 7) is 0.269. The van der Waals surface area contributed by atoms with E-state index in [-0.39, 0.29) is 33.9 Å². The van der Waals surface area contributed by atoms with Crippen molar-refractivity contribution in [3.8, 4) is 0 Å². The average Bonchev–Trinajstić information content (AvgIpc) is 3.33. The first-order valence-electron chi connectivity index (χ1n) is 12.6. The number of nitrogens with one attached hydrogen (secondary N) is 2. The first-order valence-corrected chi connectivity index (χ1v) is 15.2. The summed E-state index contributed by atoms with van der Waals surface area (Å²) >= 11 is 8.97. The van der Waals surface area contributed by atoms with Gasteiger partial charge in [0.1, 0.15) is 21.6 Å². The van der Waals surface area contributed by atoms with Gasteiger partial charge in [-0.05, 0) is 66.9 Å². The van der Waals surface area contributed by atoms with Crippen molar-refractivity contribution in [2.45, 2.75) is 73.9 Å². The van der Waals surface area contributed by atoms with Gasteiger partial charge >= 0.3 is 6.09 Å². The predicted molar refractivity (Wildman–Crippen MR) is 143 cm³/mol. The van der Waals surface area contributed by atoms with Gasteiger partial charge < -0.3 is 20.7 Å². The normalized spacial score (nSPS) is 28.7. The van der Waals surface area contributed by atoms with E-state index in [1.165, 1.54) is 11.0 Å². The van der Waals surface area contributed by atoms with Crippen molar-refractivity contribution in [1.82, 2.24) is 19.9 Å². The zero-order chi connectivity index (χ0) is 28.4. The maximum absolute atomic E-state index is 13.5. The quantitative estimate of drug-likeness (QED) is 0.329. The number of hydrogen-bond acceptors (Lipinski definition) is 8. The lowest BCUT2D eigenvalue weighted by Crippen LogP contribution is -2.57. The Labute approximate surface area is 239 Å². The van der Waals surface area contributed by atoms with Gasteiger partial charge in [-0.15, -0.1) is 0 Å². The number of allylic oxidation sites excluding steroid dienone is 1. The Bertz CT molecular complexity index is 1310. The van der Waals surface area contributed by atoms with Crippen LogP contribution in [0.15, 0.2) is 33.8 Å². The highest BCUT2D eigenvalue weighted by molar-refractivity contribution is 9.10. The lowest BCUT2D eigenvalue weighted by molar-refractivity contribution is -0.146. The van der Waals surface area contributed by atoms with Crippen molar-refractivity contribution in [2.75, 3.05) is 6.54 Å². The van der Waals surface area contributed by atoms with Crippen LogP contribution >= 0.6 is 27.5 Å². The summed E-state index contributed by atoms with van der Waals surface area (Å²) in [6.07, 6.45) is 6.70. The summed E-state index contributed by atoms with van der Waals surface area (Å²) < 4.78 is 33.3. The number of rotatable bonds is 4. The number of nitrogens with two attached hydrogens (primary N) is 1. The molecule has 0 spiro atoms. The minimum atomic E-state index is -4.34. The van der Waals surface area contributed by atoms with Crippen LogP contribution in [0.5, 0.6) is 0 Å². The summed E-state index contributed by atoms with van der Waals surface area (Å²) in [4.78, 5) is 56.4. The zero-order valence-electron chi connectivity index (χ0n) is 20.9. The minimum Gasteiger partial charge on any atom is -0.436 e. The van der Waals surface area contributed by atoms with Crippen molar-refractivity contribution in [3.63, 3.8) is 0 Å². The van der Waals surface area contributed by atoms with Gasteiger partial charge in [0.15, 0.2) is 6.10 Å². The molecule has 4 unspecified atom stereocenters. The number of primary amides is 1. The number of nitrogens with zero attached hydrogens (tertiary/aromatic N) is 2. The van der Waals surface area contributed by atoms with Crippen LogP contribution in [0.2, 0.25) is 5.15 Å². The Kier molecular flexibility index (Phi) is 8.86. The molecule has 3 heterocycles. The van der Waals surface area contributed by atoms with Gasteiger partial charge in [0.05, 0.1) is 4.47 Å². The molecular weight excluding hydrogens is 618 g/mol. The lowest BCUT2D eigenvalue weighted by atomic mass is 10.1. The van der Waals surface area contributed by atoms with Gasteiger partial charge in [0, 0.05) is 18.7 Å². The number of amides is 4. The van der Waals surface area contributed by atoms with Gasteiger partial charge in [-0.25, -0.2) is 22.9 Å². The number of hydrogen-bond donors (Lipinski definition) is 3. The van der Waals surface area contributed by atoms with Crippen LogP contribution in [-0.4, -0.2) is 66.3 Å². The third-order valence-corrected chi connectivity index (χ3v) is 9.58. The average molecular weight is 647 g/mol. The van der Waals surface area contributed by atoms with Crippen LogP contribution < -0.4 is 15.8 Å². The molecule has 4 amide bonds. The van der Waals surface area contributed by atoms with Crippen molar-refractivity contribution in [1.29, 1.82) is 0 Å². The SMILES string of the molecule is NC(=O)OC1CCCCC/C=C\C2CC2(C(=O)NS(=O)(=O)c2cnc(Cl)c(Br)c2)NC(=O)C2CCCN2C1=O. The number of halogens is 2. The molecule has 0 bridgehead atoms. The molecule has 4 atom stereocenters. The Morgan fingerprint density at radius 1 is 1.23 bits per heavy atom. The molecule has 1 saturated heterocycles. The van der Waals surface area contributed by atoms with E-state index in [4.69, 9.17) is 22.1 Å². The fourth-order valence-electron chi connectivity index (χ4n) is 5.00. The molecule has 39 heavy (non-hydrogen) atoms. The molecule has 12 nitrogen and oxygen atoms in total. The molecule has 2 fully saturated rings. The van der Waals surface area contributed by atoms with Crippen LogP contribution in [0, 0.1) is 5.92 Å². The molecule has 3 aliphatic rings. The summed E-state index contributed by atoms with van der Waals surface area (Å²) in [7, 11) is -4.34. The fourth-order valence-corrected chi connectivity index (χ4v) is 6.61. The molecule has 1 saturated carbocycles. The first-order chi connectivity index (χ1) is 18.4. The number of sulfonamides is 1. The maximum Gasteiger partial charge on any atom is 0.405 e. The third-order valence-electron chi connectivity index (χ3n) is 7.15. The molecule has 15 heteroatoms. The second-order valence-electron chi connectivity index (χ2n) is 9.83. The number of ether oxygens (including phenoxy) is 1. The third kappa shape index (κ3) is 6.55. The first kappa shape index (κ1) is 29.3. The topological polar surface area (TPSA) is 178 Å². The molecule has 4 rings (SSSR count). The highest BCUT2D eigenvalue weighted by Crippen LogP contribution is 2.46. The molecule has 0 radical (unpaired) electrons. The summed E-state index contributed by atoms with van der Waals surface area (Å²) in [6, 6.07) is 0.304. The van der Waals surface area contributed by atoms with E-state index in [0.29, 0.717) is 25.7 Å². The molecule has 1 aromatic heterocycles. The van der Waals surface area contributed by atoms with Crippen LogP contribution in [0.1, 0.15) is 51.4 Å². The number of fused-ring (bicyclic) bond motifs is 2. The predicted octanol–water partition coefficient (Wildman–Crippen LogP) is 2.15. The molecule has 1 aliphatic carbocycles. The molecule has 1 aromatic rings. The van der Waals surface area contributed by atoms with Crippen molar-refractivity contribution in [2.24, 2.45) is 11.7 Å². The van der Waals surface area contributed by atoms with Gasteiger partial charge in [-0.3, -0.25) is 14.4 Å². The Hall–Kier alpha value is -2.71. The lowest BCUT2D eigenvalue weighted by Gasteiger charge is -2.29. The molecule has 212 valence electrons. The molecule has 0 aromatic carbocycles. The van der Waals surface area contributed by atoms with Crippen LogP contribution in [0.4, 0.5) is 4.79 Å². The van der Waals surface area contributed by atoms with Crippen molar-refractivity contribution < 1.29 is 32.3 Å². The van der Waals surface area contributed by atoms with E-state index in [9.17, 15) is 27.6 Å². The van der Waals surface area contributed by atoms with E-state index in [2.05, 4.69) is 31.0 Å². The van der Waals surface area contributed by atoms with Crippen molar-refractivity contribution >= 4 is 61.4 Å². The smallest absolute Gasteiger partial charge is 0.405 e. The number of carbonyl (C=O) groups is 4. The molecule has 4 N–H and O–H groups in total. The number of aromatic nitrogens is 1. The summed E-state index contributed by atoms with van der Waals surface area (Å²) in [5, 5.41) is 2.79. The highest BCUT2D eigenvalue weighted by atomic mass is 79.9. The van der Waals surface area contributed by atoms with Gasteiger partial charge in [0.25, 0.3) is 21.8 Å². The number of carbonyl (C=O) groups excluding carboxylic acids is 4. The number of pyridine rings is 1. The van der Waals surface area contributed by atoms with E-state index in [0.717, 1.165) is 19.0 Å². The van der Waals surface area contributed by atoms with E-state index in [1.54, 1.807) is 0 Å². The van der Waals surface area contributed by atoms with Crippen LogP contribution in [0.25, 0.3) is 0 Å². The standard InChI is InChI=1S/C24H29BrClN5O7S/c25-16-11-15(13-28-19(16)26)39(36,37)30-22(34)24-12-14(24)7-4-2-1-3-5-9-18(38-23(27)35)21(33)31-10-6-8-17(31)20(32)29-24/h4,7,11,13-14,17-18H,1-3,5-6,8-10,12H2,(H2,27,35)(H,29,32)(H,30,34)/b7-4-. The second kappa shape index (κ2) is 11.8. The van der Waals surface area contributed by atoms with E-state index >= 15 is 0 Å². The zero-order valence-corrected chi connectivity index (χ0v) is 24.1. The Morgan fingerprint density at radius 2 is 2.00 bits per heavy atom. The van der Waals surface area contributed by atoms with Crippen LogP contribution in [0.3, 0.4) is 0 Å². The maximum atomic E-state index is 13.5. The molecular formula is C24H29BrClN5O7S. The fraction of sp³-hybridized carbons (Fsp3) is 0.542. The summed E-state index contributed by atoms with van der Waals surface area (Å²) in [5.41, 5.74) is 3.67. The second-order valence-corrected chi connectivity index (χ2v) is 12.7. The minimum absolute atomic E-state index is 0.0551. The van der Waals surface area contributed by atoms with Gasteiger partial charge in [-0.1, -0.05) is 30.2 Å². The van der Waals surface area contributed by atoms with E-state index < -0.39 is 57.4 Å². The summed E-state index contributed by atoms with van der Waals surface area (Å²) in [5.74, 6) is -2.44. The molecule has 2 aliphatic heterocycles. The van der Waals surface area contributed by atoms with E-state index in [1.807, 2.05) is 12.2 Å². The van der Waals surface area contributed by atoms with Crippen molar-refractivity contribution in [3.05, 3.63) is 34.0 Å². The van der Waals surface area contributed by atoms with Gasteiger partial charge in [-0.2, -0.15) is 0 Å². The Balaban J connectivity index is 1.59. The highest BCUT2D eigenvalue weighted by Gasteiger charge is 2.61. The Morgan fingerprint density at radius 3 is 2.72 bits per heavy atom. The monoisotopic (exact) mass is 645 g/mol. The largest absolute Gasteiger partial charge is 0.436 e. The van der Waals surface area contributed by atoms with Crippen LogP contribution in [-0.2, 0) is 29.1 Å².